The summed E-state index contributed by atoms with van der Waals surface area (Å²) in [5.74, 6) is -0.267. The topological polar surface area (TPSA) is 111 Å². The summed E-state index contributed by atoms with van der Waals surface area (Å²) in [6.45, 7) is 8.91. The van der Waals surface area contributed by atoms with E-state index in [1.165, 1.54) is 10.4 Å². The number of carbonyl (C=O) groups excluding carboxylic acids is 2. The normalized spacial score (nSPS) is 14.2. The number of carbonyl (C=O) groups is 2. The van der Waals surface area contributed by atoms with Gasteiger partial charge in [0.1, 0.15) is 5.60 Å². The Bertz CT molecular complexity index is 1200. The Balaban J connectivity index is 1.55. The lowest BCUT2D eigenvalue weighted by Crippen LogP contribution is -2.31. The lowest BCUT2D eigenvalue weighted by atomic mass is 10.0. The summed E-state index contributed by atoms with van der Waals surface area (Å²) in [6.07, 6.45) is 0.737. The van der Waals surface area contributed by atoms with Crippen LogP contribution in [-0.4, -0.2) is 56.5 Å². The van der Waals surface area contributed by atoms with Gasteiger partial charge in [0.05, 0.1) is 4.90 Å². The lowest BCUT2D eigenvalue weighted by Gasteiger charge is -2.20. The van der Waals surface area contributed by atoms with E-state index in [1.807, 2.05) is 26.0 Å². The highest BCUT2D eigenvalue weighted by Gasteiger charge is 2.32. The van der Waals surface area contributed by atoms with Gasteiger partial charge in [-0.1, -0.05) is 32.0 Å². The van der Waals surface area contributed by atoms with Gasteiger partial charge in [-0.2, -0.15) is 4.31 Å². The molecule has 10 heteroatoms. The smallest absolute Gasteiger partial charge is 0.344 e. The lowest BCUT2D eigenvalue weighted by molar-refractivity contribution is -0.149. The number of para-hydroxylation sites is 1. The molecule has 0 saturated heterocycles. The van der Waals surface area contributed by atoms with Crippen LogP contribution in [0.3, 0.4) is 0 Å². The van der Waals surface area contributed by atoms with Crippen LogP contribution in [0.4, 0.5) is 5.69 Å². The van der Waals surface area contributed by atoms with E-state index < -0.39 is 28.5 Å². The zero-order chi connectivity index (χ0) is 25.8. The predicted octanol–water partition coefficient (Wildman–Crippen LogP) is 3.30. The van der Waals surface area contributed by atoms with Crippen LogP contribution in [0.5, 0.6) is 11.5 Å². The molecule has 0 atom stereocenters. The maximum Gasteiger partial charge on any atom is 0.344 e. The first-order valence-electron chi connectivity index (χ1n) is 11.5. The molecule has 2 aromatic carbocycles. The molecular weight excluding hydrogens is 472 g/mol. The summed E-state index contributed by atoms with van der Waals surface area (Å²) >= 11 is 0. The van der Waals surface area contributed by atoms with Crippen molar-refractivity contribution < 1.29 is 32.2 Å². The van der Waals surface area contributed by atoms with Gasteiger partial charge < -0.3 is 19.5 Å². The van der Waals surface area contributed by atoms with E-state index in [-0.39, 0.29) is 17.1 Å². The molecule has 1 heterocycles. The molecule has 0 fully saturated rings. The van der Waals surface area contributed by atoms with Crippen LogP contribution in [-0.2, 0) is 30.8 Å². The number of hydrogen-bond acceptors (Lipinski definition) is 7. The third-order valence-corrected chi connectivity index (χ3v) is 7.75. The molecule has 1 N–H and O–H groups in total. The maximum atomic E-state index is 12.9. The predicted molar refractivity (Wildman–Crippen MR) is 131 cm³/mol. The Hall–Kier alpha value is -3.11. The van der Waals surface area contributed by atoms with Crippen LogP contribution >= 0.6 is 0 Å². The fraction of sp³-hybridized carbons (Fsp3) is 0.440. The second-order valence-corrected chi connectivity index (χ2v) is 10.8. The van der Waals surface area contributed by atoms with Crippen molar-refractivity contribution in [1.29, 1.82) is 0 Å². The minimum atomic E-state index is -3.69. The molecule has 0 bridgehead atoms. The molecular formula is C25H32N2O7S. The summed E-state index contributed by atoms with van der Waals surface area (Å²) in [4.78, 5) is 24.5. The first-order valence-corrected chi connectivity index (χ1v) is 12.9. The standard InChI is InChI=1S/C25H32N2O7S/c1-6-27(7-2)35(30,31)21-13-19(12-11-17(21)3)26-22(28)15-33-23(29)16-32-20-10-8-9-18-14-25(4,5)34-24(18)20/h8-13H,6-7,14-16H2,1-5H3,(H,26,28). The molecule has 0 unspecified atom stereocenters. The monoisotopic (exact) mass is 504 g/mol. The molecule has 190 valence electrons. The number of anilines is 1. The average Bonchev–Trinajstić information content (AvgIpc) is 3.12. The van der Waals surface area contributed by atoms with Gasteiger partial charge in [0.15, 0.2) is 24.7 Å². The Kier molecular flexibility index (Phi) is 8.07. The number of nitrogens with zero attached hydrogens (tertiary/aromatic N) is 1. The largest absolute Gasteiger partial charge is 0.483 e. The van der Waals surface area contributed by atoms with Crippen LogP contribution in [0.2, 0.25) is 0 Å². The molecule has 0 radical (unpaired) electrons. The molecule has 35 heavy (non-hydrogen) atoms. The molecule has 3 rings (SSSR count). The van der Waals surface area contributed by atoms with E-state index in [0.29, 0.717) is 35.8 Å². The van der Waals surface area contributed by atoms with Crippen molar-refractivity contribution in [2.75, 3.05) is 31.6 Å². The van der Waals surface area contributed by atoms with E-state index in [0.717, 1.165) is 12.0 Å². The molecule has 0 aliphatic carbocycles. The van der Waals surface area contributed by atoms with Gasteiger partial charge >= 0.3 is 5.97 Å². The van der Waals surface area contributed by atoms with E-state index in [1.54, 1.807) is 39.0 Å². The highest BCUT2D eigenvalue weighted by Crippen LogP contribution is 2.41. The van der Waals surface area contributed by atoms with Crippen molar-refractivity contribution >= 4 is 27.6 Å². The Labute approximate surface area is 206 Å². The molecule has 0 saturated carbocycles. The van der Waals surface area contributed by atoms with Crippen molar-refractivity contribution in [3.63, 3.8) is 0 Å². The van der Waals surface area contributed by atoms with Crippen LogP contribution in [0, 0.1) is 6.92 Å². The Morgan fingerprint density at radius 2 is 1.83 bits per heavy atom. The van der Waals surface area contributed by atoms with Crippen molar-refractivity contribution in [2.45, 2.75) is 51.5 Å². The quantitative estimate of drug-likeness (QED) is 0.494. The van der Waals surface area contributed by atoms with Gasteiger partial charge in [-0.3, -0.25) is 4.79 Å². The summed E-state index contributed by atoms with van der Waals surface area (Å²) in [5, 5.41) is 2.57. The molecule has 0 spiro atoms. The molecule has 9 nitrogen and oxygen atoms in total. The van der Waals surface area contributed by atoms with Gasteiger partial charge in [-0.05, 0) is 44.5 Å². The summed E-state index contributed by atoms with van der Waals surface area (Å²) < 4.78 is 43.6. The minimum Gasteiger partial charge on any atom is -0.483 e. The number of ether oxygens (including phenoxy) is 3. The number of benzene rings is 2. The number of amides is 1. The molecule has 0 aromatic heterocycles. The Morgan fingerprint density at radius 1 is 1.11 bits per heavy atom. The molecule has 1 amide bonds. The third kappa shape index (κ3) is 6.32. The molecule has 1 aliphatic rings. The first kappa shape index (κ1) is 26.5. The van der Waals surface area contributed by atoms with Gasteiger partial charge in [-0.25, -0.2) is 13.2 Å². The number of rotatable bonds is 10. The summed E-state index contributed by atoms with van der Waals surface area (Å²) in [6, 6.07) is 10.1. The highest BCUT2D eigenvalue weighted by atomic mass is 32.2. The summed E-state index contributed by atoms with van der Waals surface area (Å²) in [7, 11) is -3.69. The number of fused-ring (bicyclic) bond motifs is 1. The van der Waals surface area contributed by atoms with E-state index in [4.69, 9.17) is 14.2 Å². The van der Waals surface area contributed by atoms with Gasteiger partial charge in [0.2, 0.25) is 10.0 Å². The zero-order valence-corrected chi connectivity index (χ0v) is 21.5. The third-order valence-electron chi connectivity index (χ3n) is 5.56. The van der Waals surface area contributed by atoms with E-state index in [9.17, 15) is 18.0 Å². The zero-order valence-electron chi connectivity index (χ0n) is 20.7. The van der Waals surface area contributed by atoms with Crippen LogP contribution in [0.1, 0.15) is 38.8 Å². The number of hydrogen-bond donors (Lipinski definition) is 1. The number of sulfonamides is 1. The second kappa shape index (κ2) is 10.7. The maximum absolute atomic E-state index is 12.9. The van der Waals surface area contributed by atoms with Crippen LogP contribution < -0.4 is 14.8 Å². The number of aryl methyl sites for hydroxylation is 1. The number of nitrogens with one attached hydrogen (secondary N) is 1. The second-order valence-electron chi connectivity index (χ2n) is 8.85. The van der Waals surface area contributed by atoms with Gasteiger partial charge in [0.25, 0.3) is 5.91 Å². The highest BCUT2D eigenvalue weighted by molar-refractivity contribution is 7.89. The fourth-order valence-electron chi connectivity index (χ4n) is 3.88. The van der Waals surface area contributed by atoms with Gasteiger partial charge in [-0.15, -0.1) is 0 Å². The number of esters is 1. The van der Waals surface area contributed by atoms with E-state index in [2.05, 4.69) is 5.32 Å². The SMILES string of the molecule is CCN(CC)S(=O)(=O)c1cc(NC(=O)COC(=O)COc2cccc3c2OC(C)(C)C3)ccc1C. The molecule has 1 aliphatic heterocycles. The molecule has 2 aromatic rings. The minimum absolute atomic E-state index is 0.116. The van der Waals surface area contributed by atoms with E-state index >= 15 is 0 Å². The van der Waals surface area contributed by atoms with Gasteiger partial charge in [0, 0.05) is 30.8 Å². The van der Waals surface area contributed by atoms with Crippen LogP contribution in [0.15, 0.2) is 41.3 Å². The Morgan fingerprint density at radius 3 is 2.51 bits per heavy atom. The first-order chi connectivity index (χ1) is 16.5. The average molecular weight is 505 g/mol. The van der Waals surface area contributed by atoms with Crippen molar-refractivity contribution in [3.05, 3.63) is 47.5 Å². The van der Waals surface area contributed by atoms with Crippen molar-refractivity contribution in [1.82, 2.24) is 4.31 Å². The van der Waals surface area contributed by atoms with Crippen molar-refractivity contribution in [3.8, 4) is 11.5 Å². The summed E-state index contributed by atoms with van der Waals surface area (Å²) in [5.41, 5.74) is 1.51. The van der Waals surface area contributed by atoms with Crippen LogP contribution in [0.25, 0.3) is 0 Å². The van der Waals surface area contributed by atoms with Crippen molar-refractivity contribution in [2.24, 2.45) is 0 Å². The fourth-order valence-corrected chi connectivity index (χ4v) is 5.59.